The van der Waals surface area contributed by atoms with E-state index < -0.39 is 0 Å². The van der Waals surface area contributed by atoms with E-state index in [0.29, 0.717) is 17.9 Å². The van der Waals surface area contributed by atoms with E-state index in [0.717, 1.165) is 37.7 Å². The van der Waals surface area contributed by atoms with Crippen LogP contribution >= 0.6 is 0 Å². The number of amides is 1. The minimum atomic E-state index is -0.0466. The molecule has 5 nitrogen and oxygen atoms in total. The van der Waals surface area contributed by atoms with Crippen LogP contribution in [0.1, 0.15) is 80.9 Å². The van der Waals surface area contributed by atoms with Crippen molar-refractivity contribution in [1.29, 1.82) is 0 Å². The van der Waals surface area contributed by atoms with Crippen molar-refractivity contribution in [2.75, 3.05) is 13.7 Å². The van der Waals surface area contributed by atoms with Crippen LogP contribution in [-0.4, -0.2) is 29.1 Å². The van der Waals surface area contributed by atoms with E-state index in [1.165, 1.54) is 49.9 Å². The van der Waals surface area contributed by atoms with Gasteiger partial charge < -0.3 is 14.6 Å². The van der Waals surface area contributed by atoms with Gasteiger partial charge in [-0.05, 0) is 49.6 Å². The summed E-state index contributed by atoms with van der Waals surface area (Å²) in [7, 11) is 1.61. The molecule has 0 spiro atoms. The Hall–Kier alpha value is -2.82. The lowest BCUT2D eigenvalue weighted by molar-refractivity contribution is 0.0952. The molecule has 0 saturated carbocycles. The Bertz CT molecular complexity index is 996. The second-order valence-electron chi connectivity index (χ2n) is 8.73. The number of carbonyl (C=O) groups excluding carboxylic acids is 1. The van der Waals surface area contributed by atoms with Gasteiger partial charge in [-0.3, -0.25) is 4.79 Å². The number of fused-ring (bicyclic) bond motifs is 1. The normalized spacial score (nSPS) is 11.1. The van der Waals surface area contributed by atoms with E-state index in [9.17, 15) is 4.79 Å². The molecule has 0 fully saturated rings. The number of para-hydroxylation sites is 2. The maximum Gasteiger partial charge on any atom is 0.251 e. The maximum atomic E-state index is 12.3. The van der Waals surface area contributed by atoms with Crippen LogP contribution in [0.3, 0.4) is 0 Å². The highest BCUT2D eigenvalue weighted by atomic mass is 16.5. The second kappa shape index (κ2) is 13.7. The third kappa shape index (κ3) is 7.62. The van der Waals surface area contributed by atoms with Crippen molar-refractivity contribution in [3.05, 3.63) is 59.9 Å². The topological polar surface area (TPSA) is 56.2 Å². The van der Waals surface area contributed by atoms with Crippen LogP contribution in [0, 0.1) is 0 Å². The summed E-state index contributed by atoms with van der Waals surface area (Å²) < 4.78 is 7.62. The molecular weight excluding hydrogens is 410 g/mol. The Labute approximate surface area is 198 Å². The Morgan fingerprint density at radius 1 is 0.939 bits per heavy atom. The quantitative estimate of drug-likeness (QED) is 0.268. The zero-order valence-corrected chi connectivity index (χ0v) is 20.3. The van der Waals surface area contributed by atoms with E-state index in [1.54, 1.807) is 13.2 Å². The molecule has 178 valence electrons. The average Bonchev–Trinajstić information content (AvgIpc) is 3.20. The molecule has 0 aliphatic rings. The maximum absolute atomic E-state index is 12.3. The van der Waals surface area contributed by atoms with Crippen molar-refractivity contribution < 1.29 is 9.53 Å². The van der Waals surface area contributed by atoms with Gasteiger partial charge in [0.05, 0.1) is 18.1 Å². The number of rotatable bonds is 15. The Morgan fingerprint density at radius 3 is 2.58 bits per heavy atom. The summed E-state index contributed by atoms with van der Waals surface area (Å²) in [4.78, 5) is 17.2. The van der Waals surface area contributed by atoms with Gasteiger partial charge in [-0.15, -0.1) is 0 Å². The van der Waals surface area contributed by atoms with Gasteiger partial charge >= 0.3 is 0 Å². The number of aromatic nitrogens is 2. The van der Waals surface area contributed by atoms with Crippen LogP contribution in [0.5, 0.6) is 5.75 Å². The molecule has 0 saturated heterocycles. The van der Waals surface area contributed by atoms with Gasteiger partial charge in [-0.1, -0.05) is 63.6 Å². The van der Waals surface area contributed by atoms with Crippen molar-refractivity contribution in [3.8, 4) is 5.75 Å². The molecule has 0 aliphatic carbocycles. The fourth-order valence-electron chi connectivity index (χ4n) is 4.27. The van der Waals surface area contributed by atoms with Crippen LogP contribution in [0.4, 0.5) is 0 Å². The van der Waals surface area contributed by atoms with Gasteiger partial charge in [0.2, 0.25) is 0 Å². The highest BCUT2D eigenvalue weighted by Crippen LogP contribution is 2.19. The first-order chi connectivity index (χ1) is 16.2. The van der Waals surface area contributed by atoms with Gasteiger partial charge in [0.15, 0.2) is 0 Å². The van der Waals surface area contributed by atoms with Gasteiger partial charge in [0.25, 0.3) is 5.91 Å². The lowest BCUT2D eigenvalue weighted by Gasteiger charge is -2.10. The highest BCUT2D eigenvalue weighted by molar-refractivity contribution is 5.94. The number of hydrogen-bond acceptors (Lipinski definition) is 3. The molecule has 3 aromatic rings. The van der Waals surface area contributed by atoms with Crippen LogP contribution in [0.2, 0.25) is 0 Å². The van der Waals surface area contributed by atoms with E-state index in [1.807, 2.05) is 18.2 Å². The number of aryl methyl sites for hydroxylation is 2. The van der Waals surface area contributed by atoms with Crippen molar-refractivity contribution in [3.63, 3.8) is 0 Å². The van der Waals surface area contributed by atoms with Crippen LogP contribution in [0.25, 0.3) is 11.0 Å². The first-order valence-electron chi connectivity index (χ1n) is 12.6. The lowest BCUT2D eigenvalue weighted by atomic mass is 10.1. The SMILES string of the molecule is CCCCCCCCn1c(CCCCCNC(=O)c2cccc(OC)c2)nc2ccccc21. The molecule has 33 heavy (non-hydrogen) atoms. The molecular formula is C28H39N3O2. The fourth-order valence-corrected chi connectivity index (χ4v) is 4.27. The fraction of sp³-hybridized carbons (Fsp3) is 0.500. The van der Waals surface area contributed by atoms with Gasteiger partial charge in [0, 0.05) is 25.1 Å². The predicted octanol–water partition coefficient (Wildman–Crippen LogP) is 6.55. The molecule has 0 aliphatic heterocycles. The number of carbonyl (C=O) groups is 1. The lowest BCUT2D eigenvalue weighted by Crippen LogP contribution is -2.24. The minimum absolute atomic E-state index is 0.0466. The third-order valence-corrected chi connectivity index (χ3v) is 6.16. The zero-order chi connectivity index (χ0) is 23.3. The summed E-state index contributed by atoms with van der Waals surface area (Å²) in [5.41, 5.74) is 2.99. The first kappa shape index (κ1) is 24.8. The standard InChI is InChI=1S/C28H39N3O2/c1-3-4-5-6-7-13-21-31-26-18-11-10-17-25(26)30-27(31)19-9-8-12-20-29-28(32)23-15-14-16-24(22-23)33-2/h10-11,14-18,22H,3-9,12-13,19-21H2,1-2H3,(H,29,32). The molecule has 5 heteroatoms. The van der Waals surface area contributed by atoms with Crippen molar-refractivity contribution in [2.24, 2.45) is 0 Å². The largest absolute Gasteiger partial charge is 0.497 e. The smallest absolute Gasteiger partial charge is 0.251 e. The molecule has 3 rings (SSSR count). The molecule has 1 aromatic heterocycles. The number of unbranched alkanes of at least 4 members (excludes halogenated alkanes) is 7. The molecule has 0 radical (unpaired) electrons. The number of nitrogens with one attached hydrogen (secondary N) is 1. The number of benzene rings is 2. The number of nitrogens with zero attached hydrogens (tertiary/aromatic N) is 2. The zero-order valence-electron chi connectivity index (χ0n) is 20.3. The first-order valence-corrected chi connectivity index (χ1v) is 12.6. The summed E-state index contributed by atoms with van der Waals surface area (Å²) in [6.45, 7) is 4.00. The second-order valence-corrected chi connectivity index (χ2v) is 8.73. The Morgan fingerprint density at radius 2 is 1.73 bits per heavy atom. The summed E-state index contributed by atoms with van der Waals surface area (Å²) in [6.07, 6.45) is 11.9. The van der Waals surface area contributed by atoms with Crippen LogP contribution in [-0.2, 0) is 13.0 Å². The van der Waals surface area contributed by atoms with E-state index in [4.69, 9.17) is 9.72 Å². The Kier molecular flexibility index (Phi) is 10.3. The summed E-state index contributed by atoms with van der Waals surface area (Å²) in [5, 5.41) is 3.02. The molecule has 1 amide bonds. The summed E-state index contributed by atoms with van der Waals surface area (Å²) in [5.74, 6) is 1.85. The highest BCUT2D eigenvalue weighted by Gasteiger charge is 2.10. The number of hydrogen-bond donors (Lipinski definition) is 1. The molecule has 0 bridgehead atoms. The minimum Gasteiger partial charge on any atom is -0.497 e. The van der Waals surface area contributed by atoms with Crippen molar-refractivity contribution >= 4 is 16.9 Å². The number of methoxy groups -OCH3 is 1. The van der Waals surface area contributed by atoms with Crippen molar-refractivity contribution in [1.82, 2.24) is 14.9 Å². The monoisotopic (exact) mass is 449 g/mol. The van der Waals surface area contributed by atoms with E-state index in [-0.39, 0.29) is 5.91 Å². The molecule has 1 heterocycles. The predicted molar refractivity (Wildman–Crippen MR) is 136 cm³/mol. The molecule has 0 unspecified atom stereocenters. The van der Waals surface area contributed by atoms with E-state index in [2.05, 4.69) is 41.1 Å². The van der Waals surface area contributed by atoms with Crippen LogP contribution in [0.15, 0.2) is 48.5 Å². The van der Waals surface area contributed by atoms with Gasteiger partial charge in [-0.25, -0.2) is 4.98 Å². The number of imidazole rings is 1. The van der Waals surface area contributed by atoms with Crippen molar-refractivity contribution in [2.45, 2.75) is 77.7 Å². The van der Waals surface area contributed by atoms with Gasteiger partial charge in [0.1, 0.15) is 11.6 Å². The number of ether oxygens (including phenoxy) is 1. The van der Waals surface area contributed by atoms with Gasteiger partial charge in [-0.2, -0.15) is 0 Å². The Balaban J connectivity index is 1.43. The van der Waals surface area contributed by atoms with E-state index >= 15 is 0 Å². The molecule has 0 atom stereocenters. The average molecular weight is 450 g/mol. The van der Waals surface area contributed by atoms with Crippen LogP contribution < -0.4 is 10.1 Å². The summed E-state index contributed by atoms with van der Waals surface area (Å²) >= 11 is 0. The molecule has 1 N–H and O–H groups in total. The third-order valence-electron chi connectivity index (χ3n) is 6.16. The summed E-state index contributed by atoms with van der Waals surface area (Å²) in [6, 6.07) is 15.7. The molecule has 2 aromatic carbocycles.